The minimum Gasteiger partial charge on any atom is -0.393 e. The van der Waals surface area contributed by atoms with E-state index in [4.69, 9.17) is 18.0 Å². The summed E-state index contributed by atoms with van der Waals surface area (Å²) in [5, 5.41) is 0. The van der Waals surface area contributed by atoms with E-state index in [1.54, 1.807) is 7.05 Å². The maximum Gasteiger partial charge on any atom is 0.254 e. The van der Waals surface area contributed by atoms with Gasteiger partial charge in [0.25, 0.3) is 5.91 Å². The molecule has 0 aliphatic heterocycles. The number of halogens is 2. The smallest absolute Gasteiger partial charge is 0.254 e. The molecule has 0 atom stereocenters. The summed E-state index contributed by atoms with van der Waals surface area (Å²) in [7, 11) is 1.62. The van der Waals surface area contributed by atoms with Gasteiger partial charge in [0.15, 0.2) is 0 Å². The standard InChI is InChI=1S/C11H12BrFN2OS/c1-15(5-4-10(14)17)11(16)8-6-7(13)2-3-9(8)12/h2-3,6H,4-5H2,1H3,(H2,14,17). The van der Waals surface area contributed by atoms with Crippen LogP contribution in [0.1, 0.15) is 16.8 Å². The molecule has 1 amide bonds. The van der Waals surface area contributed by atoms with Crippen LogP contribution >= 0.6 is 28.1 Å². The summed E-state index contributed by atoms with van der Waals surface area (Å²) in [4.78, 5) is 13.8. The number of benzene rings is 1. The SMILES string of the molecule is CN(CCC(N)=S)C(=O)c1cc(F)ccc1Br. The molecule has 0 heterocycles. The highest BCUT2D eigenvalue weighted by Crippen LogP contribution is 2.19. The van der Waals surface area contributed by atoms with Gasteiger partial charge >= 0.3 is 0 Å². The summed E-state index contributed by atoms with van der Waals surface area (Å²) in [6, 6.07) is 3.99. The van der Waals surface area contributed by atoms with Crippen molar-refractivity contribution in [3.8, 4) is 0 Å². The van der Waals surface area contributed by atoms with E-state index in [2.05, 4.69) is 15.9 Å². The second kappa shape index (κ2) is 6.07. The highest BCUT2D eigenvalue weighted by molar-refractivity contribution is 9.10. The van der Waals surface area contributed by atoms with Gasteiger partial charge in [-0.25, -0.2) is 4.39 Å². The van der Waals surface area contributed by atoms with Crippen molar-refractivity contribution < 1.29 is 9.18 Å². The lowest BCUT2D eigenvalue weighted by Gasteiger charge is -2.17. The predicted octanol–water partition coefficient (Wildman–Crippen LogP) is 2.34. The first kappa shape index (κ1) is 14.1. The molecule has 1 aromatic rings. The van der Waals surface area contributed by atoms with Crippen molar-refractivity contribution in [3.05, 3.63) is 34.1 Å². The molecule has 1 aromatic carbocycles. The number of nitrogens with zero attached hydrogens (tertiary/aromatic N) is 1. The van der Waals surface area contributed by atoms with Crippen molar-refractivity contribution in [2.24, 2.45) is 5.73 Å². The number of amides is 1. The van der Waals surface area contributed by atoms with Crippen molar-refractivity contribution in [1.29, 1.82) is 0 Å². The first-order valence-corrected chi connectivity index (χ1v) is 6.10. The fourth-order valence-electron chi connectivity index (χ4n) is 1.25. The van der Waals surface area contributed by atoms with E-state index in [1.165, 1.54) is 23.1 Å². The molecule has 3 nitrogen and oxygen atoms in total. The molecule has 17 heavy (non-hydrogen) atoms. The summed E-state index contributed by atoms with van der Waals surface area (Å²) in [6.45, 7) is 0.414. The Labute approximate surface area is 113 Å². The molecule has 2 N–H and O–H groups in total. The molecule has 0 fully saturated rings. The molecular formula is C11H12BrFN2OS. The van der Waals surface area contributed by atoms with Gasteiger partial charge in [0.2, 0.25) is 0 Å². The number of carbonyl (C=O) groups is 1. The molecule has 92 valence electrons. The van der Waals surface area contributed by atoms with Crippen LogP contribution in [-0.4, -0.2) is 29.4 Å². The van der Waals surface area contributed by atoms with Gasteiger partial charge in [-0.1, -0.05) is 12.2 Å². The van der Waals surface area contributed by atoms with Gasteiger partial charge in [-0.3, -0.25) is 4.79 Å². The van der Waals surface area contributed by atoms with Crippen LogP contribution in [-0.2, 0) is 0 Å². The summed E-state index contributed by atoms with van der Waals surface area (Å²) in [5.74, 6) is -0.716. The third kappa shape index (κ3) is 4.05. The van der Waals surface area contributed by atoms with Crippen LogP contribution in [0.25, 0.3) is 0 Å². The minimum absolute atomic E-state index is 0.271. The van der Waals surface area contributed by atoms with Gasteiger partial charge in [0.05, 0.1) is 10.6 Å². The maximum atomic E-state index is 13.1. The van der Waals surface area contributed by atoms with E-state index in [-0.39, 0.29) is 11.5 Å². The second-order valence-electron chi connectivity index (χ2n) is 3.57. The van der Waals surface area contributed by atoms with E-state index in [0.29, 0.717) is 22.4 Å². The van der Waals surface area contributed by atoms with Crippen molar-refractivity contribution in [1.82, 2.24) is 4.90 Å². The predicted molar refractivity (Wildman–Crippen MR) is 72.5 cm³/mol. The molecule has 0 aliphatic rings. The number of hydrogen-bond acceptors (Lipinski definition) is 2. The van der Waals surface area contributed by atoms with Crippen LogP contribution in [0.15, 0.2) is 22.7 Å². The Morgan fingerprint density at radius 3 is 2.82 bits per heavy atom. The van der Waals surface area contributed by atoms with E-state index in [9.17, 15) is 9.18 Å². The third-order valence-electron chi connectivity index (χ3n) is 2.20. The summed E-state index contributed by atoms with van der Waals surface area (Å²) < 4.78 is 13.6. The van der Waals surface area contributed by atoms with Gasteiger partial charge < -0.3 is 10.6 Å². The number of rotatable bonds is 4. The van der Waals surface area contributed by atoms with Crippen LogP contribution in [0.2, 0.25) is 0 Å². The van der Waals surface area contributed by atoms with Gasteiger partial charge in [0.1, 0.15) is 5.82 Å². The van der Waals surface area contributed by atoms with Gasteiger partial charge in [-0.2, -0.15) is 0 Å². The minimum atomic E-state index is -0.445. The molecule has 0 unspecified atom stereocenters. The highest BCUT2D eigenvalue weighted by atomic mass is 79.9. The van der Waals surface area contributed by atoms with Gasteiger partial charge in [0, 0.05) is 24.5 Å². The quantitative estimate of drug-likeness (QED) is 0.867. The van der Waals surface area contributed by atoms with E-state index in [0.717, 1.165) is 0 Å². The van der Waals surface area contributed by atoms with E-state index in [1.807, 2.05) is 0 Å². The second-order valence-corrected chi connectivity index (χ2v) is 4.95. The molecule has 0 aromatic heterocycles. The fraction of sp³-hybridized carbons (Fsp3) is 0.273. The summed E-state index contributed by atoms with van der Waals surface area (Å²) in [5.41, 5.74) is 5.65. The van der Waals surface area contributed by atoms with Crippen molar-refractivity contribution in [2.75, 3.05) is 13.6 Å². The fourth-order valence-corrected chi connectivity index (χ4v) is 1.75. The summed E-state index contributed by atoms with van der Waals surface area (Å²) >= 11 is 7.95. The molecule has 0 spiro atoms. The zero-order valence-corrected chi connectivity index (χ0v) is 11.6. The Hall–Kier alpha value is -1.01. The molecular weight excluding hydrogens is 307 g/mol. The zero-order valence-electron chi connectivity index (χ0n) is 9.24. The number of thiocarbonyl (C=S) groups is 1. The van der Waals surface area contributed by atoms with Crippen LogP contribution in [0.3, 0.4) is 0 Å². The van der Waals surface area contributed by atoms with Crippen LogP contribution in [0.4, 0.5) is 4.39 Å². The molecule has 0 aliphatic carbocycles. The van der Waals surface area contributed by atoms with Crippen LogP contribution in [0.5, 0.6) is 0 Å². The van der Waals surface area contributed by atoms with E-state index >= 15 is 0 Å². The van der Waals surface area contributed by atoms with Crippen LogP contribution < -0.4 is 5.73 Å². The lowest BCUT2D eigenvalue weighted by atomic mass is 10.2. The Morgan fingerprint density at radius 2 is 2.24 bits per heavy atom. The Kier molecular flexibility index (Phi) is 5.02. The van der Waals surface area contributed by atoms with Crippen molar-refractivity contribution in [3.63, 3.8) is 0 Å². The molecule has 0 radical (unpaired) electrons. The molecule has 6 heteroatoms. The maximum absolute atomic E-state index is 13.1. The normalized spacial score (nSPS) is 10.1. The Balaban J connectivity index is 2.81. The van der Waals surface area contributed by atoms with Crippen molar-refractivity contribution >= 4 is 39.0 Å². The molecule has 0 saturated heterocycles. The molecule has 1 rings (SSSR count). The molecule has 0 saturated carbocycles. The largest absolute Gasteiger partial charge is 0.393 e. The number of nitrogens with two attached hydrogens (primary N) is 1. The first-order valence-electron chi connectivity index (χ1n) is 4.90. The summed E-state index contributed by atoms with van der Waals surface area (Å²) in [6.07, 6.45) is 0.449. The average molecular weight is 319 g/mol. The third-order valence-corrected chi connectivity index (χ3v) is 3.09. The Bertz CT molecular complexity index is 453. The lowest BCUT2D eigenvalue weighted by molar-refractivity contribution is 0.0797. The monoisotopic (exact) mass is 318 g/mol. The first-order chi connectivity index (χ1) is 7.91. The highest BCUT2D eigenvalue weighted by Gasteiger charge is 2.15. The topological polar surface area (TPSA) is 46.3 Å². The van der Waals surface area contributed by atoms with Gasteiger partial charge in [-0.15, -0.1) is 0 Å². The zero-order chi connectivity index (χ0) is 13.0. The number of hydrogen-bond donors (Lipinski definition) is 1. The van der Waals surface area contributed by atoms with Gasteiger partial charge in [-0.05, 0) is 34.1 Å². The molecule has 0 bridgehead atoms. The number of carbonyl (C=O) groups excluding carboxylic acids is 1. The van der Waals surface area contributed by atoms with E-state index < -0.39 is 5.82 Å². The Morgan fingerprint density at radius 1 is 1.59 bits per heavy atom. The average Bonchev–Trinajstić information content (AvgIpc) is 2.28. The lowest BCUT2D eigenvalue weighted by Crippen LogP contribution is -2.30. The van der Waals surface area contributed by atoms with Crippen molar-refractivity contribution in [2.45, 2.75) is 6.42 Å². The van der Waals surface area contributed by atoms with Crippen LogP contribution in [0, 0.1) is 5.82 Å².